The van der Waals surface area contributed by atoms with Gasteiger partial charge in [0.1, 0.15) is 0 Å². The number of carbonyl (C=O) groups is 2. The zero-order valence-corrected chi connectivity index (χ0v) is 19.7. The lowest BCUT2D eigenvalue weighted by Gasteiger charge is -2.18. The molecular formula is C29H30N4O2. The van der Waals surface area contributed by atoms with Gasteiger partial charge in [0.15, 0.2) is 0 Å². The van der Waals surface area contributed by atoms with Crippen LogP contribution in [0.15, 0.2) is 60.7 Å². The average molecular weight is 467 g/mol. The molecule has 6 nitrogen and oxygen atoms in total. The van der Waals surface area contributed by atoms with Crippen molar-refractivity contribution >= 4 is 23.2 Å². The van der Waals surface area contributed by atoms with E-state index < -0.39 is 0 Å². The molecule has 0 saturated heterocycles. The van der Waals surface area contributed by atoms with E-state index in [1.165, 1.54) is 22.3 Å². The van der Waals surface area contributed by atoms with Crippen LogP contribution in [0, 0.1) is 5.92 Å². The van der Waals surface area contributed by atoms with Gasteiger partial charge in [-0.3, -0.25) is 9.59 Å². The van der Waals surface area contributed by atoms with E-state index in [0.717, 1.165) is 62.4 Å². The number of amides is 2. The summed E-state index contributed by atoms with van der Waals surface area (Å²) in [6.45, 7) is 3.73. The minimum atomic E-state index is -0.113. The molecule has 6 heteroatoms. The number of fused-ring (bicyclic) bond motifs is 2. The first-order valence-electron chi connectivity index (χ1n) is 12.5. The minimum Gasteiger partial charge on any atom is -0.326 e. The Morgan fingerprint density at radius 2 is 1.31 bits per heavy atom. The van der Waals surface area contributed by atoms with Gasteiger partial charge in [-0.15, -0.1) is 0 Å². The number of anilines is 2. The fourth-order valence-corrected chi connectivity index (χ4v) is 5.28. The number of carbonyl (C=O) groups excluding carboxylic acids is 2. The summed E-state index contributed by atoms with van der Waals surface area (Å²) in [5, 5.41) is 12.9. The van der Waals surface area contributed by atoms with E-state index in [-0.39, 0.29) is 23.7 Å². The maximum atomic E-state index is 12.8. The maximum Gasteiger partial charge on any atom is 0.255 e. The molecular weight excluding hydrogens is 436 g/mol. The summed E-state index contributed by atoms with van der Waals surface area (Å²) >= 11 is 0. The van der Waals surface area contributed by atoms with Crippen LogP contribution in [0.4, 0.5) is 11.4 Å². The summed E-state index contributed by atoms with van der Waals surface area (Å²) in [6.07, 6.45) is 2.82. The van der Waals surface area contributed by atoms with Gasteiger partial charge in [0, 0.05) is 35.9 Å². The molecule has 0 radical (unpaired) electrons. The second kappa shape index (κ2) is 9.29. The third kappa shape index (κ3) is 4.72. The van der Waals surface area contributed by atoms with Crippen molar-refractivity contribution in [1.29, 1.82) is 0 Å². The van der Waals surface area contributed by atoms with Gasteiger partial charge in [0.25, 0.3) is 5.91 Å². The summed E-state index contributed by atoms with van der Waals surface area (Å²) < 4.78 is 0. The van der Waals surface area contributed by atoms with Gasteiger partial charge in [-0.25, -0.2) is 0 Å². The predicted molar refractivity (Wildman–Crippen MR) is 138 cm³/mol. The molecule has 3 aliphatic rings. The number of nitrogens with one attached hydrogen (secondary N) is 4. The average Bonchev–Trinajstić information content (AvgIpc) is 3.70. The van der Waals surface area contributed by atoms with Crippen LogP contribution < -0.4 is 21.3 Å². The minimum absolute atomic E-state index is 0.0163. The van der Waals surface area contributed by atoms with E-state index in [9.17, 15) is 9.59 Å². The Bertz CT molecular complexity index is 1280. The molecule has 2 atom stereocenters. The molecule has 0 aromatic heterocycles. The van der Waals surface area contributed by atoms with E-state index in [0.29, 0.717) is 5.56 Å². The summed E-state index contributed by atoms with van der Waals surface area (Å²) in [5.41, 5.74) is 8.66. The molecule has 6 rings (SSSR count). The second-order valence-corrected chi connectivity index (χ2v) is 9.83. The van der Waals surface area contributed by atoms with Crippen LogP contribution in [0.2, 0.25) is 0 Å². The highest BCUT2D eigenvalue weighted by Crippen LogP contribution is 2.48. The van der Waals surface area contributed by atoms with Crippen molar-refractivity contribution in [2.24, 2.45) is 5.92 Å². The lowest BCUT2D eigenvalue weighted by Crippen LogP contribution is -2.24. The molecule has 2 amide bonds. The molecule has 178 valence electrons. The molecule has 3 aromatic rings. The first kappa shape index (κ1) is 22.0. The predicted octanol–water partition coefficient (Wildman–Crippen LogP) is 3.97. The molecule has 2 aliphatic heterocycles. The van der Waals surface area contributed by atoms with Crippen molar-refractivity contribution in [3.63, 3.8) is 0 Å². The summed E-state index contributed by atoms with van der Waals surface area (Å²) in [4.78, 5) is 25.6. The van der Waals surface area contributed by atoms with Crippen molar-refractivity contribution in [2.45, 2.75) is 38.3 Å². The highest BCUT2D eigenvalue weighted by molar-refractivity contribution is 6.04. The normalized spacial score (nSPS) is 20.3. The first-order chi connectivity index (χ1) is 17.1. The highest BCUT2D eigenvalue weighted by Gasteiger charge is 2.44. The molecule has 2 heterocycles. The van der Waals surface area contributed by atoms with Crippen molar-refractivity contribution in [1.82, 2.24) is 10.6 Å². The Morgan fingerprint density at radius 3 is 1.94 bits per heavy atom. The van der Waals surface area contributed by atoms with Gasteiger partial charge in [-0.05, 0) is 102 Å². The highest BCUT2D eigenvalue weighted by atomic mass is 16.2. The van der Waals surface area contributed by atoms with Crippen LogP contribution in [-0.2, 0) is 30.7 Å². The van der Waals surface area contributed by atoms with Gasteiger partial charge in [-0.1, -0.05) is 24.3 Å². The Hall–Kier alpha value is -3.48. The zero-order chi connectivity index (χ0) is 23.8. The molecule has 3 aromatic carbocycles. The third-order valence-electron chi connectivity index (χ3n) is 7.44. The van der Waals surface area contributed by atoms with Gasteiger partial charge < -0.3 is 21.3 Å². The van der Waals surface area contributed by atoms with Crippen molar-refractivity contribution in [3.05, 3.63) is 94.0 Å². The molecule has 1 saturated carbocycles. The fourth-order valence-electron chi connectivity index (χ4n) is 5.28. The summed E-state index contributed by atoms with van der Waals surface area (Å²) in [6, 6.07) is 20.0. The van der Waals surface area contributed by atoms with E-state index in [1.807, 2.05) is 36.4 Å². The third-order valence-corrected chi connectivity index (χ3v) is 7.44. The van der Waals surface area contributed by atoms with E-state index in [2.05, 4.69) is 45.5 Å². The smallest absolute Gasteiger partial charge is 0.255 e. The van der Waals surface area contributed by atoms with Gasteiger partial charge in [-0.2, -0.15) is 0 Å². The SMILES string of the molecule is O=C(Nc1ccc2c(c1)CCNC2)c1ccc(C2CC2C(=O)Nc2ccc3c(c2)CCNC3)cc1. The van der Waals surface area contributed by atoms with Crippen LogP contribution in [0.25, 0.3) is 0 Å². The summed E-state index contributed by atoms with van der Waals surface area (Å²) in [5.74, 6) is 0.159. The fraction of sp³-hybridized carbons (Fsp3) is 0.310. The molecule has 2 unspecified atom stereocenters. The van der Waals surface area contributed by atoms with Gasteiger partial charge in [0.2, 0.25) is 5.91 Å². The van der Waals surface area contributed by atoms with E-state index in [4.69, 9.17) is 0 Å². The molecule has 1 aliphatic carbocycles. The lowest BCUT2D eigenvalue weighted by atomic mass is 10.0. The molecule has 1 fully saturated rings. The molecule has 4 N–H and O–H groups in total. The largest absolute Gasteiger partial charge is 0.326 e. The maximum absolute atomic E-state index is 12.8. The Balaban J connectivity index is 1.06. The number of hydrogen-bond acceptors (Lipinski definition) is 4. The zero-order valence-electron chi connectivity index (χ0n) is 19.7. The quantitative estimate of drug-likeness (QED) is 0.459. The van der Waals surface area contributed by atoms with E-state index in [1.54, 1.807) is 0 Å². The van der Waals surface area contributed by atoms with Gasteiger partial charge in [0.05, 0.1) is 0 Å². The number of rotatable bonds is 5. The molecule has 0 bridgehead atoms. The monoisotopic (exact) mass is 466 g/mol. The summed E-state index contributed by atoms with van der Waals surface area (Å²) in [7, 11) is 0. The van der Waals surface area contributed by atoms with Crippen LogP contribution in [0.5, 0.6) is 0 Å². The van der Waals surface area contributed by atoms with Crippen LogP contribution in [0.3, 0.4) is 0 Å². The Kier molecular flexibility index (Phi) is 5.84. The van der Waals surface area contributed by atoms with Crippen LogP contribution >= 0.6 is 0 Å². The van der Waals surface area contributed by atoms with Crippen LogP contribution in [-0.4, -0.2) is 24.9 Å². The van der Waals surface area contributed by atoms with Crippen molar-refractivity contribution in [3.8, 4) is 0 Å². The Labute approximate surface area is 205 Å². The lowest BCUT2D eigenvalue weighted by molar-refractivity contribution is -0.117. The standard InChI is InChI=1S/C29H30N4O2/c34-28(32-24-7-5-22-16-30-11-9-20(22)13-24)19-3-1-18(2-4-19)26-15-27(26)29(35)33-25-8-6-23-17-31-12-10-21(23)14-25/h1-8,13-14,26-27,30-31H,9-12,15-17H2,(H,32,34)(H,33,35). The van der Waals surface area contributed by atoms with Gasteiger partial charge >= 0.3 is 0 Å². The molecule has 35 heavy (non-hydrogen) atoms. The molecule has 0 spiro atoms. The van der Waals surface area contributed by atoms with Crippen LogP contribution in [0.1, 0.15) is 50.5 Å². The number of benzene rings is 3. The first-order valence-corrected chi connectivity index (χ1v) is 12.5. The second-order valence-electron chi connectivity index (χ2n) is 9.83. The Morgan fingerprint density at radius 1 is 0.714 bits per heavy atom. The van der Waals surface area contributed by atoms with Crippen molar-refractivity contribution < 1.29 is 9.59 Å². The number of hydrogen-bond donors (Lipinski definition) is 4. The van der Waals surface area contributed by atoms with E-state index >= 15 is 0 Å². The topological polar surface area (TPSA) is 82.3 Å². The van der Waals surface area contributed by atoms with Crippen molar-refractivity contribution in [2.75, 3.05) is 23.7 Å².